The Morgan fingerprint density at radius 1 is 1.04 bits per heavy atom. The lowest BCUT2D eigenvalue weighted by atomic mass is 9.91. The molecule has 5 heteroatoms. The van der Waals surface area contributed by atoms with Gasteiger partial charge in [0.1, 0.15) is 0 Å². The van der Waals surface area contributed by atoms with Gasteiger partial charge in [-0.3, -0.25) is 4.79 Å². The van der Waals surface area contributed by atoms with E-state index in [-0.39, 0.29) is 11.8 Å². The molecule has 0 saturated heterocycles. The smallest absolute Gasteiger partial charge is 0.337 e. The molecule has 0 aliphatic carbocycles. The zero-order valence-corrected chi connectivity index (χ0v) is 15.8. The molecule has 1 unspecified atom stereocenters. The van der Waals surface area contributed by atoms with Gasteiger partial charge < -0.3 is 9.30 Å². The Bertz CT molecular complexity index is 1060. The summed E-state index contributed by atoms with van der Waals surface area (Å²) in [7, 11) is 1.34. The predicted molar refractivity (Wildman–Crippen MR) is 107 cm³/mol. The summed E-state index contributed by atoms with van der Waals surface area (Å²) >= 11 is 0. The molecule has 4 rings (SSSR count). The fraction of sp³-hybridized carbons (Fsp3) is 0.174. The largest absolute Gasteiger partial charge is 0.465 e. The predicted octanol–water partition coefficient (Wildman–Crippen LogP) is 4.43. The highest BCUT2D eigenvalue weighted by molar-refractivity contribution is 6.01. The molecule has 2 heterocycles. The first-order valence-corrected chi connectivity index (χ1v) is 9.10. The number of carbonyl (C=O) groups is 2. The third-order valence-electron chi connectivity index (χ3n) is 5.21. The zero-order valence-electron chi connectivity index (χ0n) is 15.8. The number of methoxy groups -OCH3 is 1. The van der Waals surface area contributed by atoms with Crippen LogP contribution in [0.15, 0.2) is 67.1 Å². The van der Waals surface area contributed by atoms with Crippen LogP contribution in [-0.2, 0) is 4.74 Å². The van der Waals surface area contributed by atoms with Gasteiger partial charge in [-0.1, -0.05) is 42.5 Å². The van der Waals surface area contributed by atoms with Crippen molar-refractivity contribution in [2.45, 2.75) is 19.4 Å². The highest BCUT2D eigenvalue weighted by Crippen LogP contribution is 2.44. The van der Waals surface area contributed by atoms with Crippen LogP contribution in [0.5, 0.6) is 0 Å². The van der Waals surface area contributed by atoms with Crippen molar-refractivity contribution in [1.29, 1.82) is 0 Å². The van der Waals surface area contributed by atoms with E-state index in [1.807, 2.05) is 24.4 Å². The third kappa shape index (κ3) is 3.05. The second-order valence-corrected chi connectivity index (χ2v) is 6.80. The molecule has 1 aliphatic rings. The number of carbonyl (C=O) groups excluding carboxylic acids is 2. The number of esters is 1. The first-order chi connectivity index (χ1) is 13.6. The standard InChI is InChI=1S/C23H20N2O3/c1-15-20-13-24-14-25(20)19(22(15)17-6-4-3-5-7-17)12-21(26)16-8-10-18(11-9-16)23(27)28-2/h3-11,13-14,19H,12H2,1-2H3. The number of nitrogens with zero attached hydrogens (tertiary/aromatic N) is 2. The normalized spacial score (nSPS) is 15.4. The Morgan fingerprint density at radius 2 is 1.71 bits per heavy atom. The molecule has 28 heavy (non-hydrogen) atoms. The van der Waals surface area contributed by atoms with Gasteiger partial charge in [-0.05, 0) is 35.8 Å². The van der Waals surface area contributed by atoms with Gasteiger partial charge in [-0.15, -0.1) is 0 Å². The monoisotopic (exact) mass is 372 g/mol. The lowest BCUT2D eigenvalue weighted by Crippen LogP contribution is -2.13. The summed E-state index contributed by atoms with van der Waals surface area (Å²) in [6, 6.07) is 16.6. The summed E-state index contributed by atoms with van der Waals surface area (Å²) in [6.07, 6.45) is 3.95. The quantitative estimate of drug-likeness (QED) is 0.491. The Morgan fingerprint density at radius 3 is 2.39 bits per heavy atom. The molecule has 140 valence electrons. The molecule has 3 aromatic rings. The average Bonchev–Trinajstić information content (AvgIpc) is 3.31. The molecule has 0 radical (unpaired) electrons. The summed E-state index contributed by atoms with van der Waals surface area (Å²) in [4.78, 5) is 28.8. The number of imidazole rings is 1. The van der Waals surface area contributed by atoms with Crippen molar-refractivity contribution in [3.8, 4) is 0 Å². The fourth-order valence-electron chi connectivity index (χ4n) is 3.80. The molecule has 0 bridgehead atoms. The Hall–Kier alpha value is -3.47. The number of hydrogen-bond acceptors (Lipinski definition) is 4. The van der Waals surface area contributed by atoms with E-state index in [0.29, 0.717) is 17.5 Å². The lowest BCUT2D eigenvalue weighted by Gasteiger charge is -2.18. The topological polar surface area (TPSA) is 61.2 Å². The molecule has 5 nitrogen and oxygen atoms in total. The number of aromatic nitrogens is 2. The summed E-state index contributed by atoms with van der Waals surface area (Å²) < 4.78 is 6.78. The maximum absolute atomic E-state index is 13.0. The van der Waals surface area contributed by atoms with E-state index in [9.17, 15) is 9.59 Å². The molecule has 0 amide bonds. The maximum atomic E-state index is 13.0. The number of rotatable bonds is 5. The van der Waals surface area contributed by atoms with Gasteiger partial charge in [-0.2, -0.15) is 0 Å². The van der Waals surface area contributed by atoms with E-state index < -0.39 is 5.97 Å². The van der Waals surface area contributed by atoms with E-state index in [4.69, 9.17) is 4.74 Å². The van der Waals surface area contributed by atoms with Gasteiger partial charge in [0.05, 0.1) is 36.9 Å². The summed E-state index contributed by atoms with van der Waals surface area (Å²) in [5.41, 5.74) is 5.45. The van der Waals surface area contributed by atoms with Crippen LogP contribution >= 0.6 is 0 Å². The molecular formula is C23H20N2O3. The van der Waals surface area contributed by atoms with Crippen LogP contribution in [0.25, 0.3) is 11.1 Å². The lowest BCUT2D eigenvalue weighted by molar-refractivity contribution is 0.0600. The number of benzene rings is 2. The van der Waals surface area contributed by atoms with Crippen molar-refractivity contribution in [1.82, 2.24) is 9.55 Å². The molecule has 0 fully saturated rings. The van der Waals surface area contributed by atoms with E-state index in [1.54, 1.807) is 30.6 Å². The summed E-state index contributed by atoms with van der Waals surface area (Å²) in [5.74, 6) is -0.396. The van der Waals surface area contributed by atoms with Crippen molar-refractivity contribution < 1.29 is 14.3 Å². The van der Waals surface area contributed by atoms with Crippen molar-refractivity contribution >= 4 is 22.9 Å². The molecule has 1 aromatic heterocycles. The maximum Gasteiger partial charge on any atom is 0.337 e. The number of fused-ring (bicyclic) bond motifs is 1. The van der Waals surface area contributed by atoms with Crippen LogP contribution < -0.4 is 0 Å². The SMILES string of the molecule is COC(=O)c1ccc(C(=O)CC2C(c3ccccc3)=C(C)c3cncn32)cc1. The van der Waals surface area contributed by atoms with Crippen molar-refractivity contribution in [2.24, 2.45) is 0 Å². The molecule has 0 spiro atoms. The van der Waals surface area contributed by atoms with Crippen LogP contribution in [0.3, 0.4) is 0 Å². The number of hydrogen-bond donors (Lipinski definition) is 0. The van der Waals surface area contributed by atoms with Crippen LogP contribution in [0.4, 0.5) is 0 Å². The first-order valence-electron chi connectivity index (χ1n) is 9.10. The minimum Gasteiger partial charge on any atom is -0.465 e. The molecule has 0 saturated carbocycles. The average molecular weight is 372 g/mol. The van der Waals surface area contributed by atoms with Crippen LogP contribution in [0.1, 0.15) is 51.4 Å². The number of allylic oxidation sites excluding steroid dienone is 2. The van der Waals surface area contributed by atoms with Crippen LogP contribution in [0, 0.1) is 0 Å². The molecular weight excluding hydrogens is 352 g/mol. The van der Waals surface area contributed by atoms with Crippen molar-refractivity contribution in [3.63, 3.8) is 0 Å². The van der Waals surface area contributed by atoms with Crippen molar-refractivity contribution in [2.75, 3.05) is 7.11 Å². The molecule has 1 aliphatic heterocycles. The highest BCUT2D eigenvalue weighted by Gasteiger charge is 2.31. The minimum absolute atomic E-state index is 0.0178. The fourth-order valence-corrected chi connectivity index (χ4v) is 3.80. The highest BCUT2D eigenvalue weighted by atomic mass is 16.5. The Kier molecular flexibility index (Phi) is 4.65. The van der Waals surface area contributed by atoms with Gasteiger partial charge in [0.25, 0.3) is 0 Å². The second-order valence-electron chi connectivity index (χ2n) is 6.80. The van der Waals surface area contributed by atoms with Crippen LogP contribution in [-0.4, -0.2) is 28.4 Å². The van der Waals surface area contributed by atoms with Gasteiger partial charge >= 0.3 is 5.97 Å². The molecule has 1 atom stereocenters. The Labute approximate surface area is 163 Å². The van der Waals surface area contributed by atoms with E-state index >= 15 is 0 Å². The van der Waals surface area contributed by atoms with Crippen molar-refractivity contribution in [3.05, 3.63) is 89.5 Å². The number of ketones is 1. The van der Waals surface area contributed by atoms with Crippen LogP contribution in [0.2, 0.25) is 0 Å². The van der Waals surface area contributed by atoms with E-state index in [1.165, 1.54) is 7.11 Å². The number of Topliss-reactive ketones (excluding diaryl/α,β-unsaturated/α-hetero) is 1. The van der Waals surface area contributed by atoms with Gasteiger partial charge in [0, 0.05) is 12.0 Å². The van der Waals surface area contributed by atoms with E-state index in [0.717, 1.165) is 22.4 Å². The Balaban J connectivity index is 1.64. The van der Waals surface area contributed by atoms with Gasteiger partial charge in [-0.25, -0.2) is 9.78 Å². The molecule has 2 aromatic carbocycles. The summed E-state index contributed by atoms with van der Waals surface area (Å²) in [6.45, 7) is 2.07. The molecule has 0 N–H and O–H groups in total. The summed E-state index contributed by atoms with van der Waals surface area (Å²) in [5, 5.41) is 0. The number of ether oxygens (including phenoxy) is 1. The minimum atomic E-state index is -0.414. The van der Waals surface area contributed by atoms with Gasteiger partial charge in [0.2, 0.25) is 0 Å². The van der Waals surface area contributed by atoms with E-state index in [2.05, 4.69) is 28.6 Å². The van der Waals surface area contributed by atoms with Gasteiger partial charge in [0.15, 0.2) is 5.78 Å². The second kappa shape index (κ2) is 7.27. The third-order valence-corrected chi connectivity index (χ3v) is 5.21. The first kappa shape index (κ1) is 17.9. The zero-order chi connectivity index (χ0) is 19.7.